The first-order chi connectivity index (χ1) is 9.55. The highest BCUT2D eigenvalue weighted by Gasteiger charge is 2.35. The van der Waals surface area contributed by atoms with E-state index in [4.69, 9.17) is 5.73 Å². The summed E-state index contributed by atoms with van der Waals surface area (Å²) >= 11 is 0. The Kier molecular flexibility index (Phi) is 4.01. The molecule has 20 heavy (non-hydrogen) atoms. The lowest BCUT2D eigenvalue weighted by Gasteiger charge is -2.32. The molecular formula is C12H18F2N6. The van der Waals surface area contributed by atoms with Crippen LogP contribution >= 0.6 is 0 Å². The number of anilines is 2. The average Bonchev–Trinajstić information content (AvgIpc) is 2.88. The molecule has 0 saturated carbocycles. The lowest BCUT2D eigenvalue weighted by Crippen LogP contribution is -2.40. The number of nitrogen functional groups attached to an aromatic ring is 1. The van der Waals surface area contributed by atoms with Crippen LogP contribution in [0, 0.1) is 0 Å². The van der Waals surface area contributed by atoms with E-state index >= 15 is 0 Å². The zero-order chi connectivity index (χ0) is 14.8. The Morgan fingerprint density at radius 2 is 1.90 bits per heavy atom. The van der Waals surface area contributed by atoms with Crippen LogP contribution < -0.4 is 10.6 Å². The van der Waals surface area contributed by atoms with Gasteiger partial charge in [0.05, 0.1) is 0 Å². The lowest BCUT2D eigenvalue weighted by molar-refractivity contribution is -0.0223. The van der Waals surface area contributed by atoms with E-state index in [1.807, 2.05) is 13.8 Å². The van der Waals surface area contributed by atoms with Crippen molar-refractivity contribution in [1.82, 2.24) is 19.6 Å². The molecule has 1 saturated heterocycles. The minimum absolute atomic E-state index is 0.181. The van der Waals surface area contributed by atoms with Crippen molar-refractivity contribution in [3.63, 3.8) is 0 Å². The van der Waals surface area contributed by atoms with Gasteiger partial charge >= 0.3 is 0 Å². The van der Waals surface area contributed by atoms with Gasteiger partial charge in [-0.05, 0) is 0 Å². The molecule has 2 aromatic heterocycles. The monoisotopic (exact) mass is 284 g/mol. The van der Waals surface area contributed by atoms with Crippen LogP contribution in [0.25, 0.3) is 5.65 Å². The van der Waals surface area contributed by atoms with Crippen LogP contribution in [0.3, 0.4) is 0 Å². The molecule has 0 aromatic carbocycles. The molecule has 2 aromatic rings. The van der Waals surface area contributed by atoms with Gasteiger partial charge in [-0.25, -0.2) is 13.8 Å². The van der Waals surface area contributed by atoms with Gasteiger partial charge in [0.2, 0.25) is 5.95 Å². The number of rotatable bonds is 1. The van der Waals surface area contributed by atoms with E-state index in [-0.39, 0.29) is 25.9 Å². The van der Waals surface area contributed by atoms with Gasteiger partial charge in [-0.3, -0.25) is 0 Å². The quantitative estimate of drug-likeness (QED) is 0.866. The maximum absolute atomic E-state index is 13.1. The third-order valence-electron chi connectivity index (χ3n) is 3.05. The van der Waals surface area contributed by atoms with Crippen molar-refractivity contribution in [2.45, 2.75) is 32.6 Å². The molecule has 0 aliphatic carbocycles. The van der Waals surface area contributed by atoms with Crippen molar-refractivity contribution >= 4 is 17.4 Å². The van der Waals surface area contributed by atoms with Crippen molar-refractivity contribution in [3.8, 4) is 0 Å². The molecule has 0 unspecified atom stereocenters. The molecule has 0 atom stereocenters. The minimum atomic E-state index is -2.59. The highest BCUT2D eigenvalue weighted by molar-refractivity contribution is 5.53. The van der Waals surface area contributed by atoms with Gasteiger partial charge in [0.15, 0.2) is 5.65 Å². The largest absolute Gasteiger partial charge is 0.383 e. The molecule has 0 bridgehead atoms. The van der Waals surface area contributed by atoms with Crippen molar-refractivity contribution in [3.05, 3.63) is 12.4 Å². The maximum Gasteiger partial charge on any atom is 0.251 e. The van der Waals surface area contributed by atoms with Crippen molar-refractivity contribution < 1.29 is 8.78 Å². The molecule has 6 nitrogen and oxygen atoms in total. The molecule has 3 heterocycles. The smallest absolute Gasteiger partial charge is 0.251 e. The summed E-state index contributed by atoms with van der Waals surface area (Å²) < 4.78 is 27.8. The van der Waals surface area contributed by atoms with Gasteiger partial charge in [-0.1, -0.05) is 13.8 Å². The van der Waals surface area contributed by atoms with E-state index in [0.717, 1.165) is 0 Å². The summed E-state index contributed by atoms with van der Waals surface area (Å²) in [6.07, 6.45) is 1.03. The Balaban J connectivity index is 0.000000704. The predicted octanol–water partition coefficient (Wildman–Crippen LogP) is 1.97. The topological polar surface area (TPSA) is 72.3 Å². The van der Waals surface area contributed by atoms with Crippen LogP contribution in [0.5, 0.6) is 0 Å². The molecule has 1 aliphatic heterocycles. The highest BCUT2D eigenvalue weighted by Crippen LogP contribution is 2.29. The summed E-state index contributed by atoms with van der Waals surface area (Å²) in [5, 5.41) is 4.03. The van der Waals surface area contributed by atoms with Crippen LogP contribution in [0.1, 0.15) is 26.7 Å². The number of hydrogen-bond acceptors (Lipinski definition) is 5. The molecule has 2 N–H and O–H groups in total. The van der Waals surface area contributed by atoms with Gasteiger partial charge in [-0.2, -0.15) is 14.6 Å². The second kappa shape index (κ2) is 5.56. The van der Waals surface area contributed by atoms with E-state index < -0.39 is 5.92 Å². The summed E-state index contributed by atoms with van der Waals surface area (Å²) in [6.45, 7) is 4.47. The zero-order valence-electron chi connectivity index (χ0n) is 11.6. The van der Waals surface area contributed by atoms with Crippen LogP contribution in [0.2, 0.25) is 0 Å². The van der Waals surface area contributed by atoms with Crippen LogP contribution in [0.4, 0.5) is 20.5 Å². The molecule has 8 heteroatoms. The number of nitrogens with two attached hydrogens (primary N) is 1. The molecule has 1 fully saturated rings. The summed E-state index contributed by atoms with van der Waals surface area (Å²) in [7, 11) is 0. The number of nitrogens with zero attached hydrogens (tertiary/aromatic N) is 5. The molecule has 0 amide bonds. The van der Waals surface area contributed by atoms with Crippen molar-refractivity contribution in [1.29, 1.82) is 0 Å². The molecule has 0 radical (unpaired) electrons. The minimum Gasteiger partial charge on any atom is -0.383 e. The van der Waals surface area contributed by atoms with Crippen molar-refractivity contribution in [2.75, 3.05) is 23.7 Å². The lowest BCUT2D eigenvalue weighted by atomic mass is 10.1. The van der Waals surface area contributed by atoms with Gasteiger partial charge < -0.3 is 10.6 Å². The van der Waals surface area contributed by atoms with Crippen LogP contribution in [-0.4, -0.2) is 38.6 Å². The summed E-state index contributed by atoms with van der Waals surface area (Å²) in [4.78, 5) is 9.94. The first-order valence-corrected chi connectivity index (χ1v) is 6.64. The average molecular weight is 284 g/mol. The van der Waals surface area contributed by atoms with Crippen LogP contribution in [-0.2, 0) is 0 Å². The molecule has 1 aliphatic rings. The third kappa shape index (κ3) is 2.78. The van der Waals surface area contributed by atoms with E-state index in [1.165, 1.54) is 10.8 Å². The van der Waals surface area contributed by atoms with E-state index in [1.54, 1.807) is 11.0 Å². The highest BCUT2D eigenvalue weighted by atomic mass is 19.3. The third-order valence-corrected chi connectivity index (χ3v) is 3.05. The Morgan fingerprint density at radius 3 is 2.55 bits per heavy atom. The molecule has 110 valence electrons. The van der Waals surface area contributed by atoms with Gasteiger partial charge in [0.25, 0.3) is 5.92 Å². The molecular weight excluding hydrogens is 266 g/mol. The van der Waals surface area contributed by atoms with Gasteiger partial charge in [0, 0.05) is 32.0 Å². The Bertz CT molecular complexity index is 572. The predicted molar refractivity (Wildman–Crippen MR) is 72.9 cm³/mol. The number of fused-ring (bicyclic) bond motifs is 1. The Hall–Kier alpha value is -1.99. The number of alkyl halides is 2. The second-order valence-corrected chi connectivity index (χ2v) is 4.35. The number of halogens is 2. The fourth-order valence-corrected chi connectivity index (χ4v) is 2.07. The standard InChI is InChI=1S/C10H12F2N6.C2H6/c11-10(12)1-3-17(4-2-10)9-16-7(13)5-8-14-6-15-18(8)9;1-2/h5-6H,1-4,13H2;1-2H3. The second-order valence-electron chi connectivity index (χ2n) is 4.35. The summed E-state index contributed by atoms with van der Waals surface area (Å²) in [5.41, 5.74) is 6.24. The number of hydrogen-bond donors (Lipinski definition) is 1. The Labute approximate surface area is 115 Å². The fraction of sp³-hybridized carbons (Fsp3) is 0.583. The normalized spacial score (nSPS) is 17.7. The summed E-state index contributed by atoms with van der Waals surface area (Å²) in [6, 6.07) is 1.59. The molecule has 0 spiro atoms. The molecule has 3 rings (SSSR count). The number of piperidine rings is 1. The first-order valence-electron chi connectivity index (χ1n) is 6.64. The maximum atomic E-state index is 13.1. The SMILES string of the molecule is CC.Nc1cc2ncnn2c(N2CCC(F)(F)CC2)n1. The first kappa shape index (κ1) is 14.4. The van der Waals surface area contributed by atoms with E-state index in [2.05, 4.69) is 15.1 Å². The zero-order valence-corrected chi connectivity index (χ0v) is 11.6. The van der Waals surface area contributed by atoms with Gasteiger partial charge in [-0.15, -0.1) is 0 Å². The van der Waals surface area contributed by atoms with Crippen molar-refractivity contribution in [2.24, 2.45) is 0 Å². The Morgan fingerprint density at radius 1 is 1.25 bits per heavy atom. The van der Waals surface area contributed by atoms with E-state index in [0.29, 0.717) is 17.4 Å². The summed E-state index contributed by atoms with van der Waals surface area (Å²) in [5.74, 6) is -1.81. The fourth-order valence-electron chi connectivity index (χ4n) is 2.07. The van der Waals surface area contributed by atoms with Crippen LogP contribution in [0.15, 0.2) is 12.4 Å². The van der Waals surface area contributed by atoms with Gasteiger partial charge in [0.1, 0.15) is 12.1 Å². The number of aromatic nitrogens is 4. The van der Waals surface area contributed by atoms with E-state index in [9.17, 15) is 8.78 Å².